The molecule has 0 aromatic heterocycles. The number of hydrogen-bond donors (Lipinski definition) is 0. The molecule has 0 bridgehead atoms. The van der Waals surface area contributed by atoms with E-state index in [1.807, 2.05) is 18.2 Å². The highest BCUT2D eigenvalue weighted by Crippen LogP contribution is 2.19. The van der Waals surface area contributed by atoms with Gasteiger partial charge in [-0.2, -0.15) is 0 Å². The fourth-order valence-corrected chi connectivity index (χ4v) is 3.04. The summed E-state index contributed by atoms with van der Waals surface area (Å²) in [6.45, 7) is 0. The van der Waals surface area contributed by atoms with Crippen molar-refractivity contribution in [1.82, 2.24) is 0 Å². The average molecular weight is 386 g/mol. The molecule has 1 atom stereocenters. The van der Waals surface area contributed by atoms with E-state index in [0.717, 1.165) is 22.6 Å². The van der Waals surface area contributed by atoms with Crippen LogP contribution in [0.15, 0.2) is 53.0 Å². The van der Waals surface area contributed by atoms with E-state index in [-0.39, 0.29) is 5.82 Å². The normalized spacial score (nSPS) is 12.4. The number of alkyl halides is 1. The average Bonchev–Trinajstić information content (AvgIpc) is 2.40. The molecular weight excluding hydrogens is 371 g/mol. The highest BCUT2D eigenvalue weighted by atomic mass is 79.9. The first-order valence-corrected chi connectivity index (χ1v) is 8.13. The van der Waals surface area contributed by atoms with Gasteiger partial charge in [-0.05, 0) is 54.2 Å². The second-order valence-corrected chi connectivity index (χ2v) is 6.25. The van der Waals surface area contributed by atoms with E-state index in [9.17, 15) is 4.39 Å². The maximum atomic E-state index is 12.9. The topological polar surface area (TPSA) is 0 Å². The molecule has 0 aliphatic heterocycles. The van der Waals surface area contributed by atoms with Gasteiger partial charge in [0.25, 0.3) is 0 Å². The van der Waals surface area contributed by atoms with E-state index in [0.29, 0.717) is 5.92 Å². The number of rotatable bonds is 5. The van der Waals surface area contributed by atoms with E-state index < -0.39 is 0 Å². The Morgan fingerprint density at radius 2 is 1.63 bits per heavy atom. The molecule has 0 fully saturated rings. The van der Waals surface area contributed by atoms with Crippen LogP contribution < -0.4 is 0 Å². The number of halogens is 3. The SMILES string of the molecule is Fc1ccc(CC(CBr)Cc2cccc(Br)c2)cc1. The molecule has 100 valence electrons. The predicted molar refractivity (Wildman–Crippen MR) is 85.2 cm³/mol. The second-order valence-electron chi connectivity index (χ2n) is 4.68. The molecule has 0 N–H and O–H groups in total. The van der Waals surface area contributed by atoms with E-state index in [1.165, 1.54) is 23.3 Å². The summed E-state index contributed by atoms with van der Waals surface area (Å²) in [5.74, 6) is 0.339. The molecule has 1 unspecified atom stereocenters. The Morgan fingerprint density at radius 3 is 2.26 bits per heavy atom. The molecule has 2 aromatic carbocycles. The van der Waals surface area contributed by atoms with Gasteiger partial charge in [-0.25, -0.2) is 4.39 Å². The summed E-state index contributed by atoms with van der Waals surface area (Å²) in [6.07, 6.45) is 1.97. The fourth-order valence-electron chi connectivity index (χ4n) is 2.13. The lowest BCUT2D eigenvalue weighted by Gasteiger charge is -2.14. The minimum Gasteiger partial charge on any atom is -0.207 e. The summed E-state index contributed by atoms with van der Waals surface area (Å²) in [5.41, 5.74) is 2.50. The minimum atomic E-state index is -0.175. The van der Waals surface area contributed by atoms with Crippen LogP contribution in [0, 0.1) is 11.7 Å². The highest BCUT2D eigenvalue weighted by molar-refractivity contribution is 9.10. The molecule has 19 heavy (non-hydrogen) atoms. The summed E-state index contributed by atoms with van der Waals surface area (Å²) >= 11 is 7.07. The summed E-state index contributed by atoms with van der Waals surface area (Å²) in [7, 11) is 0. The van der Waals surface area contributed by atoms with Crippen LogP contribution >= 0.6 is 31.9 Å². The summed E-state index contributed by atoms with van der Waals surface area (Å²) in [4.78, 5) is 0. The van der Waals surface area contributed by atoms with Crippen LogP contribution in [0.2, 0.25) is 0 Å². The lowest BCUT2D eigenvalue weighted by molar-refractivity contribution is 0.587. The van der Waals surface area contributed by atoms with Gasteiger partial charge in [0.15, 0.2) is 0 Å². The van der Waals surface area contributed by atoms with E-state index >= 15 is 0 Å². The summed E-state index contributed by atoms with van der Waals surface area (Å²) < 4.78 is 14.0. The molecule has 0 spiro atoms. The van der Waals surface area contributed by atoms with Crippen molar-refractivity contribution in [2.75, 3.05) is 5.33 Å². The first kappa shape index (κ1) is 14.7. The Labute approximate surface area is 130 Å². The molecular formula is C16H15Br2F. The molecule has 2 rings (SSSR count). The van der Waals surface area contributed by atoms with Gasteiger partial charge in [0, 0.05) is 9.80 Å². The van der Waals surface area contributed by atoms with E-state index in [1.54, 1.807) is 0 Å². The van der Waals surface area contributed by atoms with Crippen molar-refractivity contribution in [3.63, 3.8) is 0 Å². The highest BCUT2D eigenvalue weighted by Gasteiger charge is 2.10. The zero-order chi connectivity index (χ0) is 13.7. The standard InChI is InChI=1S/C16H15Br2F/c17-11-14(8-12-4-6-16(19)7-5-12)9-13-2-1-3-15(18)10-13/h1-7,10,14H,8-9,11H2. The van der Waals surface area contributed by atoms with Crippen molar-refractivity contribution in [3.05, 3.63) is 69.9 Å². The molecule has 0 nitrogen and oxygen atoms in total. The largest absolute Gasteiger partial charge is 0.207 e. The molecule has 0 amide bonds. The van der Waals surface area contributed by atoms with Crippen LogP contribution in [0.3, 0.4) is 0 Å². The zero-order valence-corrected chi connectivity index (χ0v) is 13.6. The quantitative estimate of drug-likeness (QED) is 0.605. The Morgan fingerprint density at radius 1 is 0.947 bits per heavy atom. The maximum absolute atomic E-state index is 12.9. The Kier molecular flexibility index (Phi) is 5.59. The van der Waals surface area contributed by atoms with Crippen LogP contribution in [0.1, 0.15) is 11.1 Å². The molecule has 3 heteroatoms. The van der Waals surface area contributed by atoms with Crippen LogP contribution in [0.4, 0.5) is 4.39 Å². The lowest BCUT2D eigenvalue weighted by Crippen LogP contribution is -2.10. The van der Waals surface area contributed by atoms with Crippen LogP contribution in [-0.2, 0) is 12.8 Å². The first-order valence-electron chi connectivity index (χ1n) is 6.22. The predicted octanol–water partition coefficient (Wildman–Crippen LogP) is 5.38. The molecule has 0 aliphatic rings. The fraction of sp³-hybridized carbons (Fsp3) is 0.250. The molecule has 0 heterocycles. The molecule has 0 radical (unpaired) electrons. The number of benzene rings is 2. The third-order valence-corrected chi connectivity index (χ3v) is 4.48. The van der Waals surface area contributed by atoms with Crippen LogP contribution in [0.5, 0.6) is 0 Å². The molecule has 0 aliphatic carbocycles. The van der Waals surface area contributed by atoms with Crippen molar-refractivity contribution in [3.8, 4) is 0 Å². The smallest absolute Gasteiger partial charge is 0.123 e. The maximum Gasteiger partial charge on any atom is 0.123 e. The van der Waals surface area contributed by atoms with Crippen molar-refractivity contribution in [1.29, 1.82) is 0 Å². The van der Waals surface area contributed by atoms with Gasteiger partial charge in [-0.3, -0.25) is 0 Å². The van der Waals surface area contributed by atoms with E-state index in [4.69, 9.17) is 0 Å². The Hall–Kier alpha value is -0.670. The molecule has 0 saturated heterocycles. The van der Waals surface area contributed by atoms with E-state index in [2.05, 4.69) is 50.1 Å². The van der Waals surface area contributed by atoms with Crippen molar-refractivity contribution in [2.45, 2.75) is 12.8 Å². The van der Waals surface area contributed by atoms with Gasteiger partial charge in [-0.1, -0.05) is 56.1 Å². The van der Waals surface area contributed by atoms with Gasteiger partial charge >= 0.3 is 0 Å². The monoisotopic (exact) mass is 384 g/mol. The van der Waals surface area contributed by atoms with Gasteiger partial charge < -0.3 is 0 Å². The lowest BCUT2D eigenvalue weighted by atomic mass is 9.94. The van der Waals surface area contributed by atoms with Gasteiger partial charge in [0.05, 0.1) is 0 Å². The Balaban J connectivity index is 2.02. The van der Waals surface area contributed by atoms with Gasteiger partial charge in [-0.15, -0.1) is 0 Å². The van der Waals surface area contributed by atoms with Crippen molar-refractivity contribution < 1.29 is 4.39 Å². The summed E-state index contributed by atoms with van der Waals surface area (Å²) in [5, 5.41) is 0.941. The van der Waals surface area contributed by atoms with Crippen molar-refractivity contribution >= 4 is 31.9 Å². The second kappa shape index (κ2) is 7.20. The first-order chi connectivity index (χ1) is 9.17. The third kappa shape index (κ3) is 4.73. The zero-order valence-electron chi connectivity index (χ0n) is 10.5. The van der Waals surface area contributed by atoms with Gasteiger partial charge in [0.2, 0.25) is 0 Å². The van der Waals surface area contributed by atoms with Crippen LogP contribution in [0.25, 0.3) is 0 Å². The molecule has 0 saturated carbocycles. The number of hydrogen-bond acceptors (Lipinski definition) is 0. The molecule has 2 aromatic rings. The summed E-state index contributed by atoms with van der Waals surface area (Å²) in [6, 6.07) is 15.2. The third-order valence-electron chi connectivity index (χ3n) is 3.07. The van der Waals surface area contributed by atoms with Crippen LogP contribution in [-0.4, -0.2) is 5.33 Å². The van der Waals surface area contributed by atoms with Gasteiger partial charge in [0.1, 0.15) is 5.82 Å². The van der Waals surface area contributed by atoms with Crippen molar-refractivity contribution in [2.24, 2.45) is 5.92 Å². The Bertz CT molecular complexity index is 523. The minimum absolute atomic E-state index is 0.175.